The monoisotopic (exact) mass is 818 g/mol. The molecule has 2 heterocycles. The number of halogens is 3. The molecule has 52 heavy (non-hydrogen) atoms. The Bertz CT molecular complexity index is 2000. The molecule has 0 atom stereocenters. The van der Waals surface area contributed by atoms with E-state index in [9.17, 15) is 47.1 Å². The minimum atomic E-state index is -5.86. The molecule has 0 radical (unpaired) electrons. The molecule has 256 valence electrons. The zero-order valence-electron chi connectivity index (χ0n) is 28.5. The van der Waals surface area contributed by atoms with Gasteiger partial charge in [0.25, 0.3) is 11.5 Å². The summed E-state index contributed by atoms with van der Waals surface area (Å²) in [4.78, 5) is 75.6. The molecule has 0 aliphatic carbocycles. The van der Waals surface area contributed by atoms with E-state index < -0.39 is 68.0 Å². The third kappa shape index (κ3) is 13.4. The molecule has 0 aliphatic rings. The van der Waals surface area contributed by atoms with Gasteiger partial charge in [0.15, 0.2) is 28.9 Å². The zero-order valence-corrected chi connectivity index (χ0v) is 39.0. The average molecular weight is 819 g/mol. The van der Waals surface area contributed by atoms with Crippen LogP contribution in [-0.4, -0.2) is 34.1 Å². The van der Waals surface area contributed by atoms with E-state index in [0.29, 0.717) is 0 Å². The Morgan fingerprint density at radius 2 is 1.58 bits per heavy atom. The van der Waals surface area contributed by atoms with Crippen LogP contribution in [0.3, 0.4) is 0 Å². The maximum absolute atomic E-state index is 14.9. The number of nitrogens with one attached hydrogen (secondary N) is 1. The number of anilines is 2. The minimum absolute atomic E-state index is 0. The first-order valence-corrected chi connectivity index (χ1v) is 17.1. The second kappa shape index (κ2) is 22.4. The van der Waals surface area contributed by atoms with Gasteiger partial charge in [0.1, 0.15) is 22.2 Å². The second-order valence-corrected chi connectivity index (χ2v) is 13.9. The van der Waals surface area contributed by atoms with Crippen molar-refractivity contribution in [1.82, 2.24) is 9.55 Å². The van der Waals surface area contributed by atoms with Crippen molar-refractivity contribution in [2.24, 2.45) is 0 Å². The van der Waals surface area contributed by atoms with Crippen molar-refractivity contribution in [2.75, 3.05) is 24.3 Å². The van der Waals surface area contributed by atoms with Crippen molar-refractivity contribution in [3.63, 3.8) is 0 Å². The number of pyridine rings is 2. The Morgan fingerprint density at radius 3 is 2.17 bits per heavy atom. The smallest absolute Gasteiger partial charge is 0.810 e. The average Bonchev–Trinajstić information content (AvgIpc) is 2.99. The number of aromatic nitrogens is 2. The number of hydrogen-bond donors (Lipinski definition) is 2. The van der Waals surface area contributed by atoms with Gasteiger partial charge in [-0.25, -0.2) is 13.8 Å². The van der Waals surface area contributed by atoms with E-state index in [1.807, 2.05) is 0 Å². The van der Waals surface area contributed by atoms with Gasteiger partial charge < -0.3 is 54.0 Å². The van der Waals surface area contributed by atoms with Crippen LogP contribution in [0.15, 0.2) is 65.7 Å². The molecule has 0 fully saturated rings. The predicted molar refractivity (Wildman–Crippen MR) is 160 cm³/mol. The van der Waals surface area contributed by atoms with Crippen molar-refractivity contribution in [2.45, 2.75) is 18.7 Å². The number of amides is 1. The number of nitrogens with zero attached hydrogens (tertiary/aromatic N) is 2. The molecule has 15 nitrogen and oxygen atoms in total. The molecule has 0 unspecified atom stereocenters. The maximum atomic E-state index is 14.9. The Kier molecular flexibility index (Phi) is 22.3. The van der Waals surface area contributed by atoms with Crippen LogP contribution < -0.4 is 169 Å². The molecular weight excluding hydrogens is 796 g/mol. The molecule has 3 N–H and O–H groups in total. The van der Waals surface area contributed by atoms with Crippen LogP contribution in [-0.2, 0) is 9.13 Å². The summed E-state index contributed by atoms with van der Waals surface area (Å²) in [7, 11) is -11.7. The number of nitrogen functional groups attached to an aromatic ring is 1. The Balaban J connectivity index is 0.00000650. The molecule has 4 aromatic rings. The maximum Gasteiger partial charge on any atom is 1.00 e. The summed E-state index contributed by atoms with van der Waals surface area (Å²) in [6.45, 7) is 0.764. The Morgan fingerprint density at radius 1 is 0.923 bits per heavy atom. The van der Waals surface area contributed by atoms with Crippen LogP contribution in [0.5, 0.6) is 23.0 Å². The Labute approximate surface area is 388 Å². The SMILES string of the molecule is CCOc1ccn(-c2ccc(F)c(OCCC(P(=O)([O-])[O-])P(=O)([O-])[O-])c2)c(=O)c1C(=O)Nc1ccc(Oc2ccnc(N)c2Cl)c(F)c1.[Na+].[Na+].[Na+].[Na+]. The molecular formula is C28H23ClF2N4Na4O11P2. The summed E-state index contributed by atoms with van der Waals surface area (Å²) in [5.41, 5.74) is 3.96. The van der Waals surface area contributed by atoms with Crippen molar-refractivity contribution >= 4 is 44.2 Å². The standard InChI is InChI=1S/C28H27ClF2N4O11P2.4Na/c1-2-44-20-8-11-35(16-4-5-17(30)22(14-16)45-12-9-23(47(38,39)40)48(41,42)43)28(37)24(20)27(36)34-15-3-6-19(18(31)13-15)46-21-7-10-33-26(32)25(21)29;;;;/h3-8,10-11,13-14,23H,2,9,12H2,1H3,(H2,32,33)(H,34,36)(H2,38,39,40)(H2,41,42,43);;;;/q;4*+1/p-4. The molecule has 1 amide bonds. The quantitative estimate of drug-likeness (QED) is 0.0942. The van der Waals surface area contributed by atoms with Crippen molar-refractivity contribution in [1.29, 1.82) is 0 Å². The summed E-state index contributed by atoms with van der Waals surface area (Å²) in [5.74, 6) is -4.00. The van der Waals surface area contributed by atoms with Crippen LogP contribution in [0, 0.1) is 11.6 Å². The fourth-order valence-electron chi connectivity index (χ4n) is 4.22. The normalized spacial score (nSPS) is 10.9. The second-order valence-electron chi connectivity index (χ2n) is 9.69. The summed E-state index contributed by atoms with van der Waals surface area (Å²) < 4.78 is 68.7. The van der Waals surface area contributed by atoms with E-state index in [4.69, 9.17) is 31.5 Å². The number of benzene rings is 2. The van der Waals surface area contributed by atoms with E-state index in [2.05, 4.69) is 10.3 Å². The van der Waals surface area contributed by atoms with Gasteiger partial charge in [-0.3, -0.25) is 14.2 Å². The van der Waals surface area contributed by atoms with Crippen molar-refractivity contribution in [3.8, 4) is 28.7 Å². The molecule has 0 aliphatic heterocycles. The molecule has 0 saturated heterocycles. The Hall–Kier alpha value is -0.340. The molecule has 0 saturated carbocycles. The van der Waals surface area contributed by atoms with E-state index in [1.165, 1.54) is 36.7 Å². The van der Waals surface area contributed by atoms with Gasteiger partial charge in [-0.1, -0.05) is 26.8 Å². The van der Waals surface area contributed by atoms with Gasteiger partial charge in [0, 0.05) is 41.7 Å². The molecule has 2 aromatic carbocycles. The summed E-state index contributed by atoms with van der Waals surface area (Å²) in [6.07, 6.45) is 1.42. The third-order valence-electron chi connectivity index (χ3n) is 6.43. The largest absolute Gasteiger partial charge is 1.00 e. The molecule has 24 heteroatoms. The first-order valence-electron chi connectivity index (χ1n) is 13.5. The minimum Gasteiger partial charge on any atom is -0.810 e. The molecule has 4 rings (SSSR count). The number of carbonyl (C=O) groups excluding carboxylic acids is 1. The third-order valence-corrected chi connectivity index (χ3v) is 10.5. The predicted octanol–water partition coefficient (Wildman–Crippen LogP) is -9.87. The number of rotatable bonds is 13. The first kappa shape index (κ1) is 51.7. The topological polar surface area (TPSA) is 244 Å². The van der Waals surface area contributed by atoms with E-state index in [0.717, 1.165) is 28.8 Å². The van der Waals surface area contributed by atoms with Crippen LogP contribution in [0.2, 0.25) is 5.02 Å². The molecule has 0 spiro atoms. The van der Waals surface area contributed by atoms with Crippen LogP contribution in [0.1, 0.15) is 23.7 Å². The number of carbonyl (C=O) groups is 1. The van der Waals surface area contributed by atoms with Crippen molar-refractivity contribution in [3.05, 3.63) is 93.5 Å². The van der Waals surface area contributed by atoms with Crippen molar-refractivity contribution < 1.29 is 175 Å². The number of hydrogen-bond acceptors (Lipinski definition) is 13. The molecule has 2 aromatic heterocycles. The number of nitrogens with two attached hydrogens (primary N) is 1. The summed E-state index contributed by atoms with van der Waals surface area (Å²) in [6, 6.07) is 8.94. The van der Waals surface area contributed by atoms with E-state index in [1.54, 1.807) is 6.92 Å². The summed E-state index contributed by atoms with van der Waals surface area (Å²) >= 11 is 6.03. The zero-order chi connectivity index (χ0) is 35.4. The van der Waals surface area contributed by atoms with Crippen LogP contribution in [0.4, 0.5) is 20.3 Å². The van der Waals surface area contributed by atoms with E-state index in [-0.39, 0.29) is 164 Å². The van der Waals surface area contributed by atoms with Gasteiger partial charge in [-0.05, 0) is 43.7 Å². The molecule has 0 bridgehead atoms. The fourth-order valence-corrected chi connectivity index (χ4v) is 6.60. The van der Waals surface area contributed by atoms with Crippen LogP contribution >= 0.6 is 26.8 Å². The van der Waals surface area contributed by atoms with Crippen LogP contribution in [0.25, 0.3) is 5.69 Å². The fraction of sp³-hybridized carbons (Fsp3) is 0.179. The van der Waals surface area contributed by atoms with Gasteiger partial charge in [0.05, 0.1) is 18.9 Å². The van der Waals surface area contributed by atoms with Gasteiger partial charge >= 0.3 is 118 Å². The van der Waals surface area contributed by atoms with E-state index >= 15 is 0 Å². The van der Waals surface area contributed by atoms with Gasteiger partial charge in [-0.15, -0.1) is 0 Å². The number of ether oxygens (including phenoxy) is 3. The summed E-state index contributed by atoms with van der Waals surface area (Å²) in [5, 5.41) is -0.466. The van der Waals surface area contributed by atoms with Gasteiger partial charge in [-0.2, -0.15) is 0 Å². The first-order chi connectivity index (χ1) is 22.5. The van der Waals surface area contributed by atoms with Gasteiger partial charge in [0.2, 0.25) is 0 Å².